The number of nitrogens with two attached hydrogens (primary N) is 1. The minimum atomic E-state index is -0.689. The van der Waals surface area contributed by atoms with Crippen molar-refractivity contribution in [1.29, 1.82) is 0 Å². The number of likely N-dealkylation sites (tertiary alicyclic amines) is 1. The second-order valence-electron chi connectivity index (χ2n) is 5.13. The molecule has 1 saturated heterocycles. The van der Waals surface area contributed by atoms with Crippen LogP contribution < -0.4 is 5.73 Å². The van der Waals surface area contributed by atoms with E-state index in [2.05, 4.69) is 13.8 Å². The van der Waals surface area contributed by atoms with Gasteiger partial charge in [-0.25, -0.2) is 0 Å². The van der Waals surface area contributed by atoms with Gasteiger partial charge in [-0.3, -0.25) is 4.79 Å². The average Bonchev–Trinajstić information content (AvgIpc) is 2.21. The predicted molar refractivity (Wildman–Crippen MR) is 62.5 cm³/mol. The van der Waals surface area contributed by atoms with Crippen molar-refractivity contribution < 1.29 is 4.79 Å². The third-order valence-corrected chi connectivity index (χ3v) is 3.86. The molecule has 1 aliphatic rings. The number of carbonyl (C=O) groups excluding carboxylic acids is 1. The molecule has 3 atom stereocenters. The molecule has 1 aliphatic heterocycles. The van der Waals surface area contributed by atoms with Crippen molar-refractivity contribution in [2.75, 3.05) is 6.54 Å². The van der Waals surface area contributed by atoms with E-state index in [-0.39, 0.29) is 5.91 Å². The predicted octanol–water partition coefficient (Wildman–Crippen LogP) is 1.76. The van der Waals surface area contributed by atoms with Crippen molar-refractivity contribution in [1.82, 2.24) is 4.90 Å². The molecule has 0 radical (unpaired) electrons. The minimum Gasteiger partial charge on any atom is -0.338 e. The third kappa shape index (κ3) is 2.51. The van der Waals surface area contributed by atoms with Crippen LogP contribution in [0.4, 0.5) is 0 Å². The van der Waals surface area contributed by atoms with Crippen LogP contribution in [0.15, 0.2) is 0 Å². The number of piperidine rings is 1. The molecule has 3 nitrogen and oxygen atoms in total. The maximum absolute atomic E-state index is 12.2. The lowest BCUT2D eigenvalue weighted by Crippen LogP contribution is -2.57. The molecule has 3 unspecified atom stereocenters. The Labute approximate surface area is 93.0 Å². The summed E-state index contributed by atoms with van der Waals surface area (Å²) in [6.45, 7) is 9.02. The molecule has 3 heteroatoms. The summed E-state index contributed by atoms with van der Waals surface area (Å²) in [6.07, 6.45) is 3.03. The normalized spacial score (nSPS) is 31.1. The lowest BCUT2D eigenvalue weighted by atomic mass is 9.89. The van der Waals surface area contributed by atoms with Crippen LogP contribution in [0.1, 0.15) is 47.0 Å². The van der Waals surface area contributed by atoms with E-state index in [4.69, 9.17) is 5.73 Å². The first-order valence-electron chi connectivity index (χ1n) is 6.00. The standard InChI is InChI=1S/C12H24N2O/c1-5-12(4,13)11(15)14-8-6-7-9(2)10(14)3/h9-10H,5-8,13H2,1-4H3. The first-order valence-corrected chi connectivity index (χ1v) is 6.00. The summed E-state index contributed by atoms with van der Waals surface area (Å²) < 4.78 is 0. The number of rotatable bonds is 2. The SMILES string of the molecule is CCC(C)(N)C(=O)N1CCCC(C)C1C. The van der Waals surface area contributed by atoms with Crippen LogP contribution in [0, 0.1) is 5.92 Å². The first kappa shape index (κ1) is 12.5. The summed E-state index contributed by atoms with van der Waals surface area (Å²) in [6, 6.07) is 0.334. The summed E-state index contributed by atoms with van der Waals surface area (Å²) in [5, 5.41) is 0. The van der Waals surface area contributed by atoms with Gasteiger partial charge in [0.2, 0.25) is 5.91 Å². The van der Waals surface area contributed by atoms with Crippen LogP contribution in [-0.2, 0) is 4.79 Å². The second kappa shape index (κ2) is 4.52. The average molecular weight is 212 g/mol. The quantitative estimate of drug-likeness (QED) is 0.758. The number of carbonyl (C=O) groups is 1. The Bertz CT molecular complexity index is 238. The highest BCUT2D eigenvalue weighted by Crippen LogP contribution is 2.25. The van der Waals surface area contributed by atoms with Crippen molar-refractivity contribution in [3.05, 3.63) is 0 Å². The Morgan fingerprint density at radius 1 is 1.53 bits per heavy atom. The molecule has 0 aromatic rings. The van der Waals surface area contributed by atoms with Gasteiger partial charge in [-0.1, -0.05) is 13.8 Å². The van der Waals surface area contributed by atoms with E-state index in [1.807, 2.05) is 18.7 Å². The van der Waals surface area contributed by atoms with E-state index in [0.717, 1.165) is 13.0 Å². The van der Waals surface area contributed by atoms with Gasteiger partial charge in [0, 0.05) is 12.6 Å². The lowest BCUT2D eigenvalue weighted by molar-refractivity contribution is -0.141. The maximum Gasteiger partial charge on any atom is 0.242 e. The van der Waals surface area contributed by atoms with E-state index >= 15 is 0 Å². The zero-order chi connectivity index (χ0) is 11.6. The minimum absolute atomic E-state index is 0.115. The van der Waals surface area contributed by atoms with E-state index in [9.17, 15) is 4.79 Å². The van der Waals surface area contributed by atoms with E-state index in [1.54, 1.807) is 0 Å². The molecule has 0 aromatic heterocycles. The van der Waals surface area contributed by atoms with Gasteiger partial charge in [-0.15, -0.1) is 0 Å². The van der Waals surface area contributed by atoms with Crippen LogP contribution in [0.2, 0.25) is 0 Å². The highest BCUT2D eigenvalue weighted by Gasteiger charge is 2.36. The molecule has 0 aromatic carbocycles. The zero-order valence-corrected chi connectivity index (χ0v) is 10.4. The lowest BCUT2D eigenvalue weighted by Gasteiger charge is -2.41. The highest BCUT2D eigenvalue weighted by molar-refractivity contribution is 5.86. The van der Waals surface area contributed by atoms with Crippen molar-refractivity contribution in [3.8, 4) is 0 Å². The highest BCUT2D eigenvalue weighted by atomic mass is 16.2. The van der Waals surface area contributed by atoms with Gasteiger partial charge in [0.1, 0.15) is 0 Å². The molecule has 1 fully saturated rings. The first-order chi connectivity index (χ1) is 6.90. The summed E-state index contributed by atoms with van der Waals surface area (Å²) >= 11 is 0. The van der Waals surface area contributed by atoms with E-state index in [1.165, 1.54) is 6.42 Å². The Hall–Kier alpha value is -0.570. The van der Waals surface area contributed by atoms with Crippen LogP contribution in [-0.4, -0.2) is 28.9 Å². The third-order valence-electron chi connectivity index (χ3n) is 3.86. The zero-order valence-electron chi connectivity index (χ0n) is 10.4. The Balaban J connectivity index is 2.74. The molecular weight excluding hydrogens is 188 g/mol. The molecule has 0 spiro atoms. The van der Waals surface area contributed by atoms with Gasteiger partial charge in [0.25, 0.3) is 0 Å². The van der Waals surface area contributed by atoms with Crippen LogP contribution in [0.3, 0.4) is 0 Å². The summed E-state index contributed by atoms with van der Waals surface area (Å²) in [5.74, 6) is 0.708. The molecule has 0 bridgehead atoms. The van der Waals surface area contributed by atoms with Gasteiger partial charge >= 0.3 is 0 Å². The van der Waals surface area contributed by atoms with E-state index < -0.39 is 5.54 Å². The molecule has 15 heavy (non-hydrogen) atoms. The molecule has 2 N–H and O–H groups in total. The van der Waals surface area contributed by atoms with Crippen molar-refractivity contribution >= 4 is 5.91 Å². The van der Waals surface area contributed by atoms with Crippen LogP contribution in [0.25, 0.3) is 0 Å². The summed E-state index contributed by atoms with van der Waals surface area (Å²) in [4.78, 5) is 14.2. The number of nitrogens with zero attached hydrogens (tertiary/aromatic N) is 1. The number of amides is 1. The van der Waals surface area contributed by atoms with E-state index in [0.29, 0.717) is 18.4 Å². The van der Waals surface area contributed by atoms with Gasteiger partial charge in [0.15, 0.2) is 0 Å². The monoisotopic (exact) mass is 212 g/mol. The smallest absolute Gasteiger partial charge is 0.242 e. The fourth-order valence-electron chi connectivity index (χ4n) is 2.10. The largest absolute Gasteiger partial charge is 0.338 e. The molecule has 0 saturated carbocycles. The molecule has 88 valence electrons. The Morgan fingerprint density at radius 3 is 2.67 bits per heavy atom. The molecule has 0 aliphatic carbocycles. The maximum atomic E-state index is 12.2. The Morgan fingerprint density at radius 2 is 2.13 bits per heavy atom. The van der Waals surface area contributed by atoms with Crippen LogP contribution >= 0.6 is 0 Å². The molecule has 1 heterocycles. The van der Waals surface area contributed by atoms with Gasteiger partial charge < -0.3 is 10.6 Å². The fourth-order valence-corrected chi connectivity index (χ4v) is 2.10. The molecular formula is C12H24N2O. The molecule has 1 amide bonds. The molecule has 1 rings (SSSR count). The van der Waals surface area contributed by atoms with Gasteiger partial charge in [-0.05, 0) is 39.0 Å². The Kier molecular flexibility index (Phi) is 3.77. The number of hydrogen-bond donors (Lipinski definition) is 1. The summed E-state index contributed by atoms with van der Waals surface area (Å²) in [7, 11) is 0. The number of hydrogen-bond acceptors (Lipinski definition) is 2. The fraction of sp³-hybridized carbons (Fsp3) is 0.917. The summed E-state index contributed by atoms with van der Waals surface area (Å²) in [5.41, 5.74) is 5.32. The second-order valence-corrected chi connectivity index (χ2v) is 5.13. The van der Waals surface area contributed by atoms with Crippen molar-refractivity contribution in [2.24, 2.45) is 11.7 Å². The van der Waals surface area contributed by atoms with Crippen molar-refractivity contribution in [3.63, 3.8) is 0 Å². The van der Waals surface area contributed by atoms with Gasteiger partial charge in [-0.2, -0.15) is 0 Å². The van der Waals surface area contributed by atoms with Crippen molar-refractivity contribution in [2.45, 2.75) is 58.5 Å². The topological polar surface area (TPSA) is 46.3 Å². The van der Waals surface area contributed by atoms with Gasteiger partial charge in [0.05, 0.1) is 5.54 Å². The van der Waals surface area contributed by atoms with Crippen LogP contribution in [0.5, 0.6) is 0 Å².